The second-order valence-electron chi connectivity index (χ2n) is 6.24. The van der Waals surface area contributed by atoms with Gasteiger partial charge in [-0.05, 0) is 25.0 Å². The fraction of sp³-hybridized carbons (Fsp3) is 0.389. The minimum Gasteiger partial charge on any atom is -0.444 e. The van der Waals surface area contributed by atoms with E-state index in [1.54, 1.807) is 20.4 Å². The Morgan fingerprint density at radius 1 is 1.28 bits per heavy atom. The van der Waals surface area contributed by atoms with Crippen molar-refractivity contribution in [2.24, 2.45) is 0 Å². The summed E-state index contributed by atoms with van der Waals surface area (Å²) >= 11 is 0. The molecule has 1 N–H and O–H groups in total. The van der Waals surface area contributed by atoms with Gasteiger partial charge in [0.15, 0.2) is 0 Å². The van der Waals surface area contributed by atoms with Gasteiger partial charge in [0.1, 0.15) is 24.1 Å². The number of piperidine rings is 1. The molecule has 1 unspecified atom stereocenters. The van der Waals surface area contributed by atoms with Crippen LogP contribution in [0.2, 0.25) is 0 Å². The lowest BCUT2D eigenvalue weighted by atomic mass is 10.1. The molecule has 7 nitrogen and oxygen atoms in total. The van der Waals surface area contributed by atoms with Crippen molar-refractivity contribution in [2.75, 3.05) is 37.4 Å². The van der Waals surface area contributed by atoms with Crippen molar-refractivity contribution in [2.45, 2.75) is 18.9 Å². The van der Waals surface area contributed by atoms with E-state index in [9.17, 15) is 4.79 Å². The van der Waals surface area contributed by atoms with Gasteiger partial charge in [0, 0.05) is 32.4 Å². The molecule has 0 saturated carbocycles. The number of nitrogens with one attached hydrogen (secondary N) is 1. The maximum absolute atomic E-state index is 11.8. The van der Waals surface area contributed by atoms with Gasteiger partial charge in [-0.25, -0.2) is 14.8 Å². The molecule has 0 aliphatic carbocycles. The van der Waals surface area contributed by atoms with Crippen LogP contribution in [0, 0.1) is 0 Å². The Balaban J connectivity index is 1.67. The zero-order chi connectivity index (χ0) is 17.6. The van der Waals surface area contributed by atoms with Crippen LogP contribution in [0.5, 0.6) is 0 Å². The standard InChI is InChI=1S/C18H23N5O2/c1-22(2)18(24)25-15-9-6-10-23(12-15)17-11-16(19-13-20-17)21-14-7-4-3-5-8-14/h3-5,7-8,11,13,15H,6,9-10,12H2,1-2H3,(H,19,20,21). The molecule has 1 amide bonds. The summed E-state index contributed by atoms with van der Waals surface area (Å²) in [6.07, 6.45) is 2.95. The number of hydrogen-bond acceptors (Lipinski definition) is 6. The zero-order valence-corrected chi connectivity index (χ0v) is 14.6. The topological polar surface area (TPSA) is 70.6 Å². The first-order valence-electron chi connectivity index (χ1n) is 8.39. The highest BCUT2D eigenvalue weighted by molar-refractivity contribution is 5.67. The number of ether oxygens (including phenoxy) is 1. The van der Waals surface area contributed by atoms with Gasteiger partial charge < -0.3 is 19.9 Å². The van der Waals surface area contributed by atoms with Gasteiger partial charge in [-0.2, -0.15) is 0 Å². The van der Waals surface area contributed by atoms with Crippen molar-refractivity contribution in [3.05, 3.63) is 42.7 Å². The summed E-state index contributed by atoms with van der Waals surface area (Å²) in [6, 6.07) is 11.8. The molecule has 2 heterocycles. The third-order valence-corrected chi connectivity index (χ3v) is 4.03. The maximum atomic E-state index is 11.8. The Morgan fingerprint density at radius 3 is 2.84 bits per heavy atom. The van der Waals surface area contributed by atoms with E-state index in [0.717, 1.165) is 36.7 Å². The number of aromatic nitrogens is 2. The van der Waals surface area contributed by atoms with E-state index in [-0.39, 0.29) is 12.2 Å². The lowest BCUT2D eigenvalue weighted by molar-refractivity contribution is 0.0670. The largest absolute Gasteiger partial charge is 0.444 e. The van der Waals surface area contributed by atoms with Crippen LogP contribution < -0.4 is 10.2 Å². The number of hydrogen-bond donors (Lipinski definition) is 1. The molecule has 132 valence electrons. The average Bonchev–Trinajstić information content (AvgIpc) is 2.63. The summed E-state index contributed by atoms with van der Waals surface area (Å²) < 4.78 is 5.52. The molecule has 1 atom stereocenters. The van der Waals surface area contributed by atoms with Gasteiger partial charge in [0.05, 0.1) is 6.54 Å². The van der Waals surface area contributed by atoms with Gasteiger partial charge in [-0.1, -0.05) is 18.2 Å². The quantitative estimate of drug-likeness (QED) is 0.922. The van der Waals surface area contributed by atoms with Gasteiger partial charge in [-0.15, -0.1) is 0 Å². The van der Waals surface area contributed by atoms with Gasteiger partial charge in [0.2, 0.25) is 0 Å². The van der Waals surface area contributed by atoms with Crippen LogP contribution >= 0.6 is 0 Å². The second-order valence-corrected chi connectivity index (χ2v) is 6.24. The normalized spacial score (nSPS) is 17.0. The van der Waals surface area contributed by atoms with Crippen molar-refractivity contribution in [1.29, 1.82) is 0 Å². The molecular formula is C18H23N5O2. The maximum Gasteiger partial charge on any atom is 0.409 e. The van der Waals surface area contributed by atoms with E-state index < -0.39 is 0 Å². The molecule has 2 aromatic rings. The first kappa shape index (κ1) is 17.0. The number of anilines is 3. The number of rotatable bonds is 4. The second kappa shape index (κ2) is 7.83. The van der Waals surface area contributed by atoms with Crippen LogP contribution in [-0.4, -0.2) is 54.2 Å². The predicted octanol–water partition coefficient (Wildman–Crippen LogP) is 2.89. The first-order valence-corrected chi connectivity index (χ1v) is 8.39. The molecule has 1 aromatic carbocycles. The number of carbonyl (C=O) groups is 1. The van der Waals surface area contributed by atoms with Crippen LogP contribution in [-0.2, 0) is 4.74 Å². The minimum absolute atomic E-state index is 0.121. The Labute approximate surface area is 147 Å². The van der Waals surface area contributed by atoms with Crippen molar-refractivity contribution in [3.63, 3.8) is 0 Å². The zero-order valence-electron chi connectivity index (χ0n) is 14.6. The molecule has 1 fully saturated rings. The van der Waals surface area contributed by atoms with E-state index >= 15 is 0 Å². The van der Waals surface area contributed by atoms with Crippen LogP contribution in [0.15, 0.2) is 42.7 Å². The lowest BCUT2D eigenvalue weighted by Gasteiger charge is -2.33. The van der Waals surface area contributed by atoms with Crippen molar-refractivity contribution in [1.82, 2.24) is 14.9 Å². The third-order valence-electron chi connectivity index (χ3n) is 4.03. The Bertz CT molecular complexity index is 708. The number of carbonyl (C=O) groups excluding carboxylic acids is 1. The van der Waals surface area contributed by atoms with Crippen LogP contribution in [0.3, 0.4) is 0 Å². The van der Waals surface area contributed by atoms with Crippen LogP contribution in [0.25, 0.3) is 0 Å². The fourth-order valence-corrected chi connectivity index (χ4v) is 2.75. The molecule has 1 aliphatic rings. The number of nitrogens with zero attached hydrogens (tertiary/aromatic N) is 4. The smallest absolute Gasteiger partial charge is 0.409 e. The minimum atomic E-state index is -0.305. The fourth-order valence-electron chi connectivity index (χ4n) is 2.75. The number of benzene rings is 1. The molecule has 25 heavy (non-hydrogen) atoms. The molecule has 1 saturated heterocycles. The third kappa shape index (κ3) is 4.59. The molecule has 0 radical (unpaired) electrons. The Kier molecular flexibility index (Phi) is 5.33. The van der Waals surface area contributed by atoms with Gasteiger partial charge in [0.25, 0.3) is 0 Å². The molecule has 0 bridgehead atoms. The van der Waals surface area contributed by atoms with Crippen LogP contribution in [0.1, 0.15) is 12.8 Å². The Morgan fingerprint density at radius 2 is 2.08 bits per heavy atom. The van der Waals surface area contributed by atoms with E-state index in [0.29, 0.717) is 6.54 Å². The van der Waals surface area contributed by atoms with Crippen molar-refractivity contribution in [3.8, 4) is 0 Å². The number of para-hydroxylation sites is 1. The van der Waals surface area contributed by atoms with E-state index in [1.807, 2.05) is 36.4 Å². The molecule has 3 rings (SSSR count). The average molecular weight is 341 g/mol. The van der Waals surface area contributed by atoms with E-state index in [2.05, 4.69) is 20.2 Å². The molecular weight excluding hydrogens is 318 g/mol. The van der Waals surface area contributed by atoms with Crippen molar-refractivity contribution >= 4 is 23.4 Å². The SMILES string of the molecule is CN(C)C(=O)OC1CCCN(c2cc(Nc3ccccc3)ncn2)C1. The Hall–Kier alpha value is -2.83. The van der Waals surface area contributed by atoms with E-state index in [1.165, 1.54) is 4.90 Å². The summed E-state index contributed by atoms with van der Waals surface area (Å²) in [5.41, 5.74) is 0.976. The highest BCUT2D eigenvalue weighted by Gasteiger charge is 2.24. The van der Waals surface area contributed by atoms with Gasteiger partial charge in [-0.3, -0.25) is 0 Å². The summed E-state index contributed by atoms with van der Waals surface area (Å²) in [5, 5.41) is 3.27. The highest BCUT2D eigenvalue weighted by Crippen LogP contribution is 2.22. The summed E-state index contributed by atoms with van der Waals surface area (Å²) in [5.74, 6) is 1.57. The molecule has 0 spiro atoms. The summed E-state index contributed by atoms with van der Waals surface area (Å²) in [4.78, 5) is 24.0. The molecule has 7 heteroatoms. The van der Waals surface area contributed by atoms with E-state index in [4.69, 9.17) is 4.74 Å². The van der Waals surface area contributed by atoms with Crippen molar-refractivity contribution < 1.29 is 9.53 Å². The number of amides is 1. The molecule has 1 aromatic heterocycles. The predicted molar refractivity (Wildman–Crippen MR) is 97.2 cm³/mol. The first-order chi connectivity index (χ1) is 12.1. The molecule has 1 aliphatic heterocycles. The summed E-state index contributed by atoms with van der Waals surface area (Å²) in [7, 11) is 3.38. The lowest BCUT2D eigenvalue weighted by Crippen LogP contribution is -2.42. The van der Waals surface area contributed by atoms with Gasteiger partial charge >= 0.3 is 6.09 Å². The monoisotopic (exact) mass is 341 g/mol. The van der Waals surface area contributed by atoms with Crippen LogP contribution in [0.4, 0.5) is 22.1 Å². The summed E-state index contributed by atoms with van der Waals surface area (Å²) in [6.45, 7) is 1.53. The highest BCUT2D eigenvalue weighted by atomic mass is 16.6.